The van der Waals surface area contributed by atoms with Gasteiger partial charge in [-0.15, -0.1) is 0 Å². The maximum Gasteiger partial charge on any atom is 0.222 e. The molecule has 1 aromatic carbocycles. The van der Waals surface area contributed by atoms with Crippen molar-refractivity contribution in [2.75, 3.05) is 20.3 Å². The Bertz CT molecular complexity index is 768. The second-order valence-electron chi connectivity index (χ2n) is 9.23. The zero-order valence-corrected chi connectivity index (χ0v) is 16.8. The summed E-state index contributed by atoms with van der Waals surface area (Å²) in [6.45, 7) is 5.32. The van der Waals surface area contributed by atoms with Gasteiger partial charge in [0.15, 0.2) is 11.6 Å². The first-order chi connectivity index (χ1) is 13.3. The van der Waals surface area contributed by atoms with Crippen molar-refractivity contribution in [1.82, 2.24) is 5.32 Å². The number of hydrogen-bond donors (Lipinski definition) is 1. The van der Waals surface area contributed by atoms with Crippen LogP contribution < -0.4 is 5.32 Å². The van der Waals surface area contributed by atoms with Crippen molar-refractivity contribution in [3.63, 3.8) is 0 Å². The fourth-order valence-electron chi connectivity index (χ4n) is 6.26. The van der Waals surface area contributed by atoms with Crippen molar-refractivity contribution in [3.05, 3.63) is 35.4 Å². The van der Waals surface area contributed by atoms with Crippen molar-refractivity contribution in [2.45, 2.75) is 51.7 Å². The van der Waals surface area contributed by atoms with Crippen LogP contribution in [0.2, 0.25) is 0 Å². The number of ether oxygens (including phenoxy) is 2. The highest BCUT2D eigenvalue weighted by Crippen LogP contribution is 2.70. The average molecular weight is 393 g/mol. The van der Waals surface area contributed by atoms with E-state index in [1.165, 1.54) is 0 Å². The molecule has 0 unspecified atom stereocenters. The molecule has 4 nitrogen and oxygen atoms in total. The molecule has 2 saturated carbocycles. The summed E-state index contributed by atoms with van der Waals surface area (Å²) in [4.78, 5) is 12.5. The Balaban J connectivity index is 1.66. The molecule has 3 fully saturated rings. The summed E-state index contributed by atoms with van der Waals surface area (Å²) >= 11 is 0. The minimum absolute atomic E-state index is 0.00359. The van der Waals surface area contributed by atoms with Crippen LogP contribution in [0.15, 0.2) is 18.2 Å². The first kappa shape index (κ1) is 19.8. The monoisotopic (exact) mass is 393 g/mol. The number of nitrogens with one attached hydrogen (secondary N) is 1. The SMILES string of the molecule is COCCC(=O)N[C@@H]1C(C)(C)[C@@H]2C[C@@H]3[C@@H](c4cccc(F)c4F)OCC[C@@]31C2. The number of carbonyl (C=O) groups excluding carboxylic acids is 1. The quantitative estimate of drug-likeness (QED) is 0.823. The van der Waals surface area contributed by atoms with Crippen LogP contribution >= 0.6 is 0 Å². The van der Waals surface area contributed by atoms with Crippen molar-refractivity contribution in [3.8, 4) is 0 Å². The molecule has 1 aromatic rings. The van der Waals surface area contributed by atoms with Gasteiger partial charge in [-0.1, -0.05) is 26.0 Å². The number of amides is 1. The zero-order chi connectivity index (χ0) is 20.1. The summed E-state index contributed by atoms with van der Waals surface area (Å²) in [5.74, 6) is -1.17. The minimum Gasteiger partial charge on any atom is -0.384 e. The van der Waals surface area contributed by atoms with Gasteiger partial charge in [0.25, 0.3) is 0 Å². The van der Waals surface area contributed by atoms with Gasteiger partial charge in [-0.05, 0) is 48.0 Å². The molecule has 0 aromatic heterocycles. The first-order valence-corrected chi connectivity index (χ1v) is 10.1. The van der Waals surface area contributed by atoms with Crippen molar-refractivity contribution in [2.24, 2.45) is 22.7 Å². The van der Waals surface area contributed by atoms with Gasteiger partial charge in [0, 0.05) is 31.7 Å². The topological polar surface area (TPSA) is 47.6 Å². The summed E-state index contributed by atoms with van der Waals surface area (Å²) in [7, 11) is 1.58. The molecule has 1 heterocycles. The van der Waals surface area contributed by atoms with E-state index in [1.807, 2.05) is 0 Å². The second-order valence-corrected chi connectivity index (χ2v) is 9.23. The van der Waals surface area contributed by atoms with Crippen LogP contribution in [-0.2, 0) is 14.3 Å². The minimum atomic E-state index is -0.839. The van der Waals surface area contributed by atoms with Gasteiger partial charge in [-0.2, -0.15) is 0 Å². The largest absolute Gasteiger partial charge is 0.384 e. The van der Waals surface area contributed by atoms with Crippen molar-refractivity contribution >= 4 is 5.91 Å². The lowest BCUT2D eigenvalue weighted by Crippen LogP contribution is -2.59. The Hall–Kier alpha value is -1.53. The molecule has 2 bridgehead atoms. The molecule has 6 heteroatoms. The summed E-state index contributed by atoms with van der Waals surface area (Å²) in [5.41, 5.74) is 0.124. The maximum atomic E-state index is 14.5. The van der Waals surface area contributed by atoms with E-state index in [1.54, 1.807) is 19.2 Å². The summed E-state index contributed by atoms with van der Waals surface area (Å²) in [6.07, 6.45) is 2.60. The molecule has 2 aliphatic carbocycles. The van der Waals surface area contributed by atoms with E-state index in [0.29, 0.717) is 31.1 Å². The summed E-state index contributed by atoms with van der Waals surface area (Å²) in [6, 6.07) is 4.31. The van der Waals surface area contributed by atoms with Gasteiger partial charge in [-0.3, -0.25) is 4.79 Å². The third kappa shape index (κ3) is 2.88. The van der Waals surface area contributed by atoms with E-state index >= 15 is 0 Å². The molecule has 1 saturated heterocycles. The number of halogens is 2. The Morgan fingerprint density at radius 1 is 1.36 bits per heavy atom. The maximum absolute atomic E-state index is 14.5. The third-order valence-corrected chi connectivity index (χ3v) is 7.63. The Morgan fingerprint density at radius 2 is 2.14 bits per heavy atom. The zero-order valence-electron chi connectivity index (χ0n) is 16.8. The van der Waals surface area contributed by atoms with Gasteiger partial charge >= 0.3 is 0 Å². The molecule has 5 atom stereocenters. The fourth-order valence-corrected chi connectivity index (χ4v) is 6.26. The molecule has 0 radical (unpaired) electrons. The van der Waals surface area contributed by atoms with Crippen LogP contribution in [-0.4, -0.2) is 32.3 Å². The van der Waals surface area contributed by atoms with E-state index in [4.69, 9.17) is 9.47 Å². The molecule has 154 valence electrons. The molecular weight excluding hydrogens is 364 g/mol. The molecule has 1 spiro atoms. The normalized spacial score (nSPS) is 35.6. The smallest absolute Gasteiger partial charge is 0.222 e. The van der Waals surface area contributed by atoms with E-state index < -0.39 is 17.7 Å². The van der Waals surface area contributed by atoms with E-state index in [9.17, 15) is 13.6 Å². The molecule has 1 N–H and O–H groups in total. The Labute approximate surface area is 165 Å². The summed E-state index contributed by atoms with van der Waals surface area (Å²) in [5, 5.41) is 3.28. The van der Waals surface area contributed by atoms with Crippen molar-refractivity contribution < 1.29 is 23.0 Å². The lowest BCUT2D eigenvalue weighted by Gasteiger charge is -2.53. The van der Waals surface area contributed by atoms with Gasteiger partial charge in [0.2, 0.25) is 5.91 Å². The summed E-state index contributed by atoms with van der Waals surface area (Å²) < 4.78 is 39.4. The van der Waals surface area contributed by atoms with E-state index in [-0.39, 0.29) is 28.7 Å². The molecule has 28 heavy (non-hydrogen) atoms. The van der Waals surface area contributed by atoms with Gasteiger partial charge < -0.3 is 14.8 Å². The first-order valence-electron chi connectivity index (χ1n) is 10.1. The predicted octanol–water partition coefficient (Wildman–Crippen LogP) is 4.00. The number of hydrogen-bond acceptors (Lipinski definition) is 3. The highest BCUT2D eigenvalue weighted by atomic mass is 19.2. The van der Waals surface area contributed by atoms with E-state index in [0.717, 1.165) is 25.3 Å². The number of carbonyl (C=O) groups is 1. The Kier molecular flexibility index (Phi) is 4.99. The Morgan fingerprint density at radius 3 is 2.89 bits per heavy atom. The molecule has 1 aliphatic heterocycles. The second kappa shape index (κ2) is 7.06. The standard InChI is InChI=1S/C22H29F2NO3/c1-21(2)13-11-15-19(14-5-4-6-16(23)18(14)24)28-10-8-22(15,12-13)20(21)25-17(26)7-9-27-3/h4-6,13,15,19-20H,7-12H2,1-3H3,(H,25,26)/t13-,15-,19-,20-,22-/m1/s1. The molecular formula is C22H29F2NO3. The van der Waals surface area contributed by atoms with Gasteiger partial charge in [0.1, 0.15) is 0 Å². The lowest BCUT2D eigenvalue weighted by molar-refractivity contribution is -0.138. The van der Waals surface area contributed by atoms with Crippen molar-refractivity contribution in [1.29, 1.82) is 0 Å². The van der Waals surface area contributed by atoms with Crippen LogP contribution in [0, 0.1) is 34.3 Å². The van der Waals surface area contributed by atoms with Gasteiger partial charge in [0.05, 0.1) is 12.7 Å². The molecule has 1 amide bonds. The third-order valence-electron chi connectivity index (χ3n) is 7.63. The average Bonchev–Trinajstić information content (AvgIpc) is 3.15. The van der Waals surface area contributed by atoms with Crippen LogP contribution in [0.5, 0.6) is 0 Å². The number of methoxy groups -OCH3 is 1. The van der Waals surface area contributed by atoms with Crippen LogP contribution in [0.4, 0.5) is 8.78 Å². The number of rotatable bonds is 5. The fraction of sp³-hybridized carbons (Fsp3) is 0.682. The van der Waals surface area contributed by atoms with E-state index in [2.05, 4.69) is 19.2 Å². The highest BCUT2D eigenvalue weighted by molar-refractivity contribution is 5.76. The molecule has 3 aliphatic rings. The number of fused-ring (bicyclic) bond motifs is 1. The van der Waals surface area contributed by atoms with Crippen LogP contribution in [0.1, 0.15) is 51.2 Å². The molecule has 4 rings (SSSR count). The van der Waals surface area contributed by atoms with Gasteiger partial charge in [-0.25, -0.2) is 8.78 Å². The van der Waals surface area contributed by atoms with Crippen LogP contribution in [0.25, 0.3) is 0 Å². The highest BCUT2D eigenvalue weighted by Gasteiger charge is 2.68. The lowest BCUT2D eigenvalue weighted by atomic mass is 9.58. The number of benzene rings is 1. The van der Waals surface area contributed by atoms with Crippen LogP contribution in [0.3, 0.4) is 0 Å². The predicted molar refractivity (Wildman–Crippen MR) is 101 cm³/mol.